The van der Waals surface area contributed by atoms with Gasteiger partial charge < -0.3 is 15.3 Å². The van der Waals surface area contributed by atoms with Gasteiger partial charge in [-0.3, -0.25) is 14.6 Å². The van der Waals surface area contributed by atoms with Crippen LogP contribution in [0.15, 0.2) is 36.5 Å². The molecule has 10 heteroatoms. The van der Waals surface area contributed by atoms with Gasteiger partial charge in [-0.05, 0) is 29.8 Å². The van der Waals surface area contributed by atoms with Crippen LogP contribution in [0.4, 0.5) is 8.78 Å². The second-order valence-corrected chi connectivity index (χ2v) is 6.72. The molecule has 2 amide bonds. The molecule has 0 spiro atoms. The summed E-state index contributed by atoms with van der Waals surface area (Å²) in [6.45, 7) is -1.41. The number of likely N-dealkylation sites (tertiary alicyclic amines) is 1. The van der Waals surface area contributed by atoms with E-state index in [1.165, 1.54) is 18.3 Å². The lowest BCUT2D eigenvalue weighted by molar-refractivity contribution is -0.132. The molecule has 1 aromatic carbocycles. The highest BCUT2D eigenvalue weighted by Gasteiger charge is 2.47. The molecule has 0 saturated carbocycles. The molecule has 2 N–H and O–H groups in total. The number of carbonyl (C=O) groups is 3. The van der Waals surface area contributed by atoms with Crippen molar-refractivity contribution in [1.82, 2.24) is 15.2 Å². The number of carbonyl (C=O) groups excluding carboxylic acids is 2. The predicted octanol–water partition coefficient (Wildman–Crippen LogP) is 1.82. The third kappa shape index (κ3) is 4.57. The smallest absolute Gasteiger partial charge is 0.328 e. The number of hydrogen-bond acceptors (Lipinski definition) is 5. The molecule has 0 bridgehead atoms. The molecule has 1 atom stereocenters. The lowest BCUT2D eigenvalue weighted by Gasteiger charge is -2.19. The maximum atomic E-state index is 13.5. The number of benzene rings is 1. The average Bonchev–Trinajstić information content (AvgIpc) is 3.04. The number of nitrogens with one attached hydrogen (secondary N) is 1. The van der Waals surface area contributed by atoms with Crippen molar-refractivity contribution >= 4 is 34.8 Å². The highest BCUT2D eigenvalue weighted by atomic mass is 19.3. The van der Waals surface area contributed by atoms with Gasteiger partial charge in [0.25, 0.3) is 11.8 Å². The van der Waals surface area contributed by atoms with Crippen LogP contribution in [-0.4, -0.2) is 57.8 Å². The maximum Gasteiger partial charge on any atom is 0.328 e. The van der Waals surface area contributed by atoms with Crippen LogP contribution in [0.1, 0.15) is 22.3 Å². The topological polar surface area (TPSA) is 123 Å². The van der Waals surface area contributed by atoms with E-state index in [2.05, 4.69) is 10.3 Å². The van der Waals surface area contributed by atoms with Gasteiger partial charge in [0.05, 0.1) is 30.2 Å². The minimum atomic E-state index is -3.14. The number of carboxylic acid groups (broad SMARTS) is 1. The fraction of sp³-hybridized carbons (Fsp3) is 0.250. The Bertz CT molecular complexity index is 1090. The molecule has 1 aliphatic rings. The van der Waals surface area contributed by atoms with E-state index in [0.29, 0.717) is 16.5 Å². The summed E-state index contributed by atoms with van der Waals surface area (Å²) in [4.78, 5) is 40.4. The Labute approximate surface area is 169 Å². The Morgan fingerprint density at radius 1 is 1.37 bits per heavy atom. The van der Waals surface area contributed by atoms with Crippen molar-refractivity contribution in [2.24, 2.45) is 0 Å². The molecule has 154 valence electrons. The van der Waals surface area contributed by atoms with Gasteiger partial charge in [0.2, 0.25) is 5.91 Å². The van der Waals surface area contributed by atoms with Crippen molar-refractivity contribution in [2.45, 2.75) is 18.4 Å². The number of aliphatic carboxylic acids is 1. The molecular formula is C20H16F2N4O4. The Morgan fingerprint density at radius 2 is 2.13 bits per heavy atom. The standard InChI is InChI=1S/C20H16F2N4O4/c21-20(22)8-13(9-23)26(11-20)17(27)10-25-19(30)14-5-6-24-16-3-1-12(7-15(14)16)2-4-18(28)29/h1-7,13H,8,10-11H2,(H,25,30)(H,28,29)/b4-2+. The molecule has 1 aromatic heterocycles. The zero-order chi connectivity index (χ0) is 21.9. The lowest BCUT2D eigenvalue weighted by Crippen LogP contribution is -2.43. The molecule has 1 unspecified atom stereocenters. The second-order valence-electron chi connectivity index (χ2n) is 6.72. The molecular weight excluding hydrogens is 398 g/mol. The SMILES string of the molecule is N#CC1CC(F)(F)CN1C(=O)CNC(=O)c1ccnc2ccc(/C=C/C(=O)O)cc12. The number of alkyl halides is 2. The summed E-state index contributed by atoms with van der Waals surface area (Å²) >= 11 is 0. The van der Waals surface area contributed by atoms with Crippen LogP contribution < -0.4 is 5.32 Å². The van der Waals surface area contributed by atoms with Crippen LogP contribution in [0.3, 0.4) is 0 Å². The Morgan fingerprint density at radius 3 is 2.83 bits per heavy atom. The summed E-state index contributed by atoms with van der Waals surface area (Å²) in [5.74, 6) is -5.67. The zero-order valence-corrected chi connectivity index (χ0v) is 15.5. The van der Waals surface area contributed by atoms with Crippen molar-refractivity contribution in [3.63, 3.8) is 0 Å². The molecule has 0 radical (unpaired) electrons. The molecule has 3 rings (SSSR count). The van der Waals surface area contributed by atoms with Crippen molar-refractivity contribution in [1.29, 1.82) is 5.26 Å². The fourth-order valence-electron chi connectivity index (χ4n) is 3.18. The molecule has 30 heavy (non-hydrogen) atoms. The molecule has 1 aliphatic heterocycles. The third-order valence-electron chi connectivity index (χ3n) is 4.57. The van der Waals surface area contributed by atoms with Crippen molar-refractivity contribution in [3.05, 3.63) is 47.7 Å². The molecule has 1 saturated heterocycles. The number of rotatable bonds is 5. The monoisotopic (exact) mass is 414 g/mol. The van der Waals surface area contributed by atoms with Crippen molar-refractivity contribution in [3.8, 4) is 6.07 Å². The maximum absolute atomic E-state index is 13.5. The highest BCUT2D eigenvalue weighted by molar-refractivity contribution is 6.07. The number of hydrogen-bond donors (Lipinski definition) is 2. The van der Waals surface area contributed by atoms with E-state index in [9.17, 15) is 23.2 Å². The second kappa shape index (κ2) is 8.24. The summed E-state index contributed by atoms with van der Waals surface area (Å²) < 4.78 is 27.0. The lowest BCUT2D eigenvalue weighted by atomic mass is 10.0. The Hall–Kier alpha value is -3.87. The predicted molar refractivity (Wildman–Crippen MR) is 101 cm³/mol. The Kier molecular flexibility index (Phi) is 5.73. The van der Waals surface area contributed by atoms with Crippen LogP contribution in [0, 0.1) is 11.3 Å². The van der Waals surface area contributed by atoms with Gasteiger partial charge in [-0.2, -0.15) is 5.26 Å². The number of pyridine rings is 1. The Balaban J connectivity index is 1.77. The molecule has 2 heterocycles. The summed E-state index contributed by atoms with van der Waals surface area (Å²) in [6, 6.07) is 6.68. The molecule has 1 fully saturated rings. The summed E-state index contributed by atoms with van der Waals surface area (Å²) in [6.07, 6.45) is 2.98. The number of nitrogens with zero attached hydrogens (tertiary/aromatic N) is 3. The molecule has 8 nitrogen and oxygen atoms in total. The van der Waals surface area contributed by atoms with Crippen LogP contribution in [-0.2, 0) is 9.59 Å². The van der Waals surface area contributed by atoms with Crippen LogP contribution in [0.5, 0.6) is 0 Å². The van der Waals surface area contributed by atoms with Gasteiger partial charge in [-0.25, -0.2) is 13.6 Å². The first-order valence-electron chi connectivity index (χ1n) is 8.85. The van der Waals surface area contributed by atoms with E-state index in [0.717, 1.165) is 11.0 Å². The van der Waals surface area contributed by atoms with Gasteiger partial charge in [0, 0.05) is 24.1 Å². The van der Waals surface area contributed by atoms with Gasteiger partial charge in [-0.15, -0.1) is 0 Å². The minimum absolute atomic E-state index is 0.182. The van der Waals surface area contributed by atoms with E-state index >= 15 is 0 Å². The average molecular weight is 414 g/mol. The first-order valence-corrected chi connectivity index (χ1v) is 8.85. The first-order chi connectivity index (χ1) is 14.2. The third-order valence-corrected chi connectivity index (χ3v) is 4.57. The number of amides is 2. The van der Waals surface area contributed by atoms with Crippen molar-refractivity contribution in [2.75, 3.05) is 13.1 Å². The van der Waals surface area contributed by atoms with E-state index in [-0.39, 0.29) is 5.56 Å². The van der Waals surface area contributed by atoms with E-state index in [1.807, 2.05) is 0 Å². The fourth-order valence-corrected chi connectivity index (χ4v) is 3.18. The number of halogens is 2. The summed E-state index contributed by atoms with van der Waals surface area (Å²) in [7, 11) is 0. The molecule has 2 aromatic rings. The van der Waals surface area contributed by atoms with Gasteiger partial charge in [-0.1, -0.05) is 6.07 Å². The van der Waals surface area contributed by atoms with Crippen molar-refractivity contribution < 1.29 is 28.3 Å². The van der Waals surface area contributed by atoms with Crippen LogP contribution in [0.25, 0.3) is 17.0 Å². The summed E-state index contributed by atoms with van der Waals surface area (Å²) in [5.41, 5.74) is 1.19. The quantitative estimate of drug-likeness (QED) is 0.720. The van der Waals surface area contributed by atoms with Gasteiger partial charge in [0.1, 0.15) is 6.04 Å². The highest BCUT2D eigenvalue weighted by Crippen LogP contribution is 2.31. The van der Waals surface area contributed by atoms with Crippen LogP contribution >= 0.6 is 0 Å². The van der Waals surface area contributed by atoms with Gasteiger partial charge >= 0.3 is 5.97 Å². The van der Waals surface area contributed by atoms with E-state index in [1.54, 1.807) is 24.3 Å². The van der Waals surface area contributed by atoms with Crippen LogP contribution in [0.2, 0.25) is 0 Å². The van der Waals surface area contributed by atoms with E-state index in [4.69, 9.17) is 10.4 Å². The minimum Gasteiger partial charge on any atom is -0.478 e. The number of aromatic nitrogens is 1. The number of carboxylic acids is 1. The summed E-state index contributed by atoms with van der Waals surface area (Å²) in [5, 5.41) is 20.5. The molecule has 0 aliphatic carbocycles. The largest absolute Gasteiger partial charge is 0.478 e. The van der Waals surface area contributed by atoms with Gasteiger partial charge in [0.15, 0.2) is 0 Å². The zero-order valence-electron chi connectivity index (χ0n) is 15.5. The normalized spacial score (nSPS) is 17.8. The number of nitriles is 1. The number of fused-ring (bicyclic) bond motifs is 1. The first kappa shape index (κ1) is 20.9. The van der Waals surface area contributed by atoms with E-state index < -0.39 is 49.3 Å².